The van der Waals surface area contributed by atoms with Gasteiger partial charge in [-0.25, -0.2) is 0 Å². The van der Waals surface area contributed by atoms with Crippen LogP contribution in [-0.2, 0) is 28.6 Å². The van der Waals surface area contributed by atoms with Crippen LogP contribution in [0, 0.1) is 0 Å². The molecule has 460 valence electrons. The van der Waals surface area contributed by atoms with Crippen molar-refractivity contribution in [1.29, 1.82) is 0 Å². The Morgan fingerprint density at radius 3 is 0.838 bits per heavy atom. The van der Waals surface area contributed by atoms with E-state index < -0.39 is 6.10 Å². The molecule has 0 rings (SSSR count). The number of carbonyl (C=O) groups excluding carboxylic acids is 3. The Labute approximate surface area is 496 Å². The second kappa shape index (κ2) is 67.8. The average molecular weight is 1110 g/mol. The molecule has 0 amide bonds. The lowest BCUT2D eigenvalue weighted by Gasteiger charge is -2.18. The largest absolute Gasteiger partial charge is 0.462 e. The lowest BCUT2D eigenvalue weighted by atomic mass is 10.0. The highest BCUT2D eigenvalue weighted by atomic mass is 16.6. The summed E-state index contributed by atoms with van der Waals surface area (Å²) in [5, 5.41) is 0. The smallest absolute Gasteiger partial charge is 0.306 e. The van der Waals surface area contributed by atoms with E-state index in [1.54, 1.807) is 0 Å². The van der Waals surface area contributed by atoms with Gasteiger partial charge in [0.15, 0.2) is 6.10 Å². The van der Waals surface area contributed by atoms with Crippen LogP contribution in [0.5, 0.6) is 0 Å². The first-order chi connectivity index (χ1) is 39.5. The summed E-state index contributed by atoms with van der Waals surface area (Å²) in [5.41, 5.74) is 0. The van der Waals surface area contributed by atoms with Gasteiger partial charge in [-0.3, -0.25) is 14.4 Å². The number of carbonyl (C=O) groups is 3. The summed E-state index contributed by atoms with van der Waals surface area (Å²) in [6, 6.07) is 0. The summed E-state index contributed by atoms with van der Waals surface area (Å²) >= 11 is 0. The minimum absolute atomic E-state index is 0.0999. The molecular formula is C74H128O6. The molecule has 0 heterocycles. The molecule has 0 saturated heterocycles. The maximum Gasteiger partial charge on any atom is 0.306 e. The van der Waals surface area contributed by atoms with Gasteiger partial charge in [0.25, 0.3) is 0 Å². The van der Waals surface area contributed by atoms with Gasteiger partial charge in [-0.1, -0.05) is 323 Å². The fraction of sp³-hybridized carbons (Fsp3) is 0.743. The minimum Gasteiger partial charge on any atom is -0.462 e. The molecule has 0 spiro atoms. The van der Waals surface area contributed by atoms with Gasteiger partial charge < -0.3 is 14.2 Å². The highest BCUT2D eigenvalue weighted by molar-refractivity contribution is 5.71. The Morgan fingerprint density at radius 1 is 0.263 bits per heavy atom. The summed E-state index contributed by atoms with van der Waals surface area (Å²) in [5.74, 6) is -0.977. The van der Waals surface area contributed by atoms with Gasteiger partial charge in [-0.15, -0.1) is 0 Å². The van der Waals surface area contributed by atoms with Crippen molar-refractivity contribution in [2.75, 3.05) is 13.2 Å². The van der Waals surface area contributed by atoms with Gasteiger partial charge in [-0.05, 0) is 89.9 Å². The lowest BCUT2D eigenvalue weighted by molar-refractivity contribution is -0.166. The third-order valence-electron chi connectivity index (χ3n) is 14.8. The molecule has 0 aliphatic carbocycles. The Bertz CT molecular complexity index is 1560. The van der Waals surface area contributed by atoms with Crippen LogP contribution in [0.2, 0.25) is 0 Å². The van der Waals surface area contributed by atoms with Crippen LogP contribution in [0.1, 0.15) is 335 Å². The molecule has 0 aliphatic rings. The maximum absolute atomic E-state index is 12.9. The Balaban J connectivity index is 4.44. The quantitative estimate of drug-likeness (QED) is 0.0261. The molecule has 0 aliphatic heterocycles. The highest BCUT2D eigenvalue weighted by Crippen LogP contribution is 2.17. The molecule has 0 fully saturated rings. The van der Waals surface area contributed by atoms with Crippen LogP contribution in [0.25, 0.3) is 0 Å². The Kier molecular flexibility index (Phi) is 64.7. The lowest BCUT2D eigenvalue weighted by Crippen LogP contribution is -2.30. The van der Waals surface area contributed by atoms with Crippen molar-refractivity contribution in [2.24, 2.45) is 0 Å². The predicted octanol–water partition coefficient (Wildman–Crippen LogP) is 23.6. The number of hydrogen-bond donors (Lipinski definition) is 0. The van der Waals surface area contributed by atoms with E-state index >= 15 is 0 Å². The molecule has 1 atom stereocenters. The summed E-state index contributed by atoms with van der Waals surface area (Å²) in [7, 11) is 0. The van der Waals surface area contributed by atoms with E-state index in [-0.39, 0.29) is 37.5 Å². The van der Waals surface area contributed by atoms with Crippen molar-refractivity contribution in [3.05, 3.63) is 97.2 Å². The molecule has 0 N–H and O–H groups in total. The molecule has 1 unspecified atom stereocenters. The molecule has 0 saturated carbocycles. The van der Waals surface area contributed by atoms with Crippen molar-refractivity contribution in [1.82, 2.24) is 0 Å². The van der Waals surface area contributed by atoms with Crippen LogP contribution in [0.3, 0.4) is 0 Å². The van der Waals surface area contributed by atoms with Crippen LogP contribution in [0.15, 0.2) is 97.2 Å². The third kappa shape index (κ3) is 65.1. The van der Waals surface area contributed by atoms with E-state index in [9.17, 15) is 14.4 Å². The van der Waals surface area contributed by atoms with Crippen LogP contribution < -0.4 is 0 Å². The molecular weight excluding hydrogens is 985 g/mol. The van der Waals surface area contributed by atoms with Crippen molar-refractivity contribution in [3.8, 4) is 0 Å². The highest BCUT2D eigenvalue weighted by Gasteiger charge is 2.19. The number of ether oxygens (including phenoxy) is 3. The number of rotatable bonds is 62. The zero-order valence-electron chi connectivity index (χ0n) is 52.8. The first kappa shape index (κ1) is 76.3. The normalized spacial score (nSPS) is 12.7. The molecule has 0 aromatic heterocycles. The zero-order valence-corrected chi connectivity index (χ0v) is 52.8. The maximum atomic E-state index is 12.9. The second-order valence-electron chi connectivity index (χ2n) is 22.7. The SMILES string of the molecule is CC/C=C\C/C=C\C/C=C\C/C=C\C/C=C\C/C=C\CCC(=O)OCC(COC(=O)CCCCCCCCCCCCCCCCCCCCCCCC)OC(=O)CCCCCCCCCCC/C=C\C/C=C\CCCCCCC. The van der Waals surface area contributed by atoms with E-state index in [1.807, 2.05) is 6.08 Å². The first-order valence-corrected chi connectivity index (χ1v) is 34.2. The van der Waals surface area contributed by atoms with E-state index in [4.69, 9.17) is 14.2 Å². The van der Waals surface area contributed by atoms with E-state index in [0.717, 1.165) is 83.5 Å². The number of unbranched alkanes of at least 4 members (excludes halogenated alkanes) is 35. The molecule has 0 aromatic rings. The standard InChI is InChI=1S/C74H128O6/c1-4-7-10-13-16-19-22-25-28-31-34-36-38-40-43-46-49-52-55-58-61-64-67-73(76)79-70-71(69-78-72(75)66-63-60-57-54-51-48-45-42-39-33-30-27-24-21-18-15-12-9-6-3)80-74(77)68-65-62-59-56-53-50-47-44-41-37-35-32-29-26-23-20-17-14-11-8-5-2/h9,12,18,21,23,26-27,30,32,35,39,42,48,51,57,60,71H,4-8,10-11,13-17,19-20,22,24-25,28-29,31,33-34,36-38,40-41,43-47,49-50,52-56,58-59,61-70H2,1-3H3/b12-9-,21-18-,26-23-,30-27-,35-32-,42-39-,51-48-,60-57-. The first-order valence-electron chi connectivity index (χ1n) is 34.2. The molecule has 6 nitrogen and oxygen atoms in total. The molecule has 80 heavy (non-hydrogen) atoms. The molecule has 0 aromatic carbocycles. The van der Waals surface area contributed by atoms with Gasteiger partial charge in [0.2, 0.25) is 0 Å². The van der Waals surface area contributed by atoms with E-state index in [0.29, 0.717) is 19.3 Å². The number of hydrogen-bond acceptors (Lipinski definition) is 6. The fourth-order valence-corrected chi connectivity index (χ4v) is 9.74. The Morgan fingerprint density at radius 2 is 0.512 bits per heavy atom. The summed E-state index contributed by atoms with van der Waals surface area (Å²) in [4.78, 5) is 38.4. The Hall–Kier alpha value is -3.67. The topological polar surface area (TPSA) is 78.9 Å². The van der Waals surface area contributed by atoms with Gasteiger partial charge in [0, 0.05) is 19.3 Å². The van der Waals surface area contributed by atoms with Crippen LogP contribution in [0.4, 0.5) is 0 Å². The van der Waals surface area contributed by atoms with E-state index in [1.165, 1.54) is 205 Å². The zero-order chi connectivity index (χ0) is 57.8. The third-order valence-corrected chi connectivity index (χ3v) is 14.8. The minimum atomic E-state index is -0.812. The van der Waals surface area contributed by atoms with Crippen molar-refractivity contribution in [3.63, 3.8) is 0 Å². The number of esters is 3. The molecule has 0 radical (unpaired) electrons. The summed E-state index contributed by atoms with van der Waals surface area (Å²) < 4.78 is 16.9. The van der Waals surface area contributed by atoms with Gasteiger partial charge in [0.1, 0.15) is 13.2 Å². The second-order valence-corrected chi connectivity index (χ2v) is 22.7. The summed E-state index contributed by atoms with van der Waals surface area (Å²) in [6.45, 7) is 6.50. The van der Waals surface area contributed by atoms with Crippen molar-refractivity contribution >= 4 is 17.9 Å². The average Bonchev–Trinajstić information content (AvgIpc) is 3.46. The fourth-order valence-electron chi connectivity index (χ4n) is 9.74. The van der Waals surface area contributed by atoms with Crippen molar-refractivity contribution < 1.29 is 28.6 Å². The van der Waals surface area contributed by atoms with E-state index in [2.05, 4.69) is 112 Å². The van der Waals surface area contributed by atoms with Crippen LogP contribution in [-0.4, -0.2) is 37.2 Å². The van der Waals surface area contributed by atoms with Gasteiger partial charge >= 0.3 is 17.9 Å². The van der Waals surface area contributed by atoms with Crippen LogP contribution >= 0.6 is 0 Å². The monoisotopic (exact) mass is 1110 g/mol. The number of allylic oxidation sites excluding steroid dienone is 16. The predicted molar refractivity (Wildman–Crippen MR) is 348 cm³/mol. The summed E-state index contributed by atoms with van der Waals surface area (Å²) in [6.07, 6.45) is 91.5. The van der Waals surface area contributed by atoms with Gasteiger partial charge in [0.05, 0.1) is 0 Å². The molecule has 0 bridgehead atoms. The van der Waals surface area contributed by atoms with Gasteiger partial charge in [-0.2, -0.15) is 0 Å². The van der Waals surface area contributed by atoms with Crippen molar-refractivity contribution in [2.45, 2.75) is 341 Å². The molecule has 6 heteroatoms.